The second-order valence-electron chi connectivity index (χ2n) is 7.48. The maximum absolute atomic E-state index is 13.3. The Bertz CT molecular complexity index is 694. The van der Waals surface area contributed by atoms with Gasteiger partial charge in [-0.15, -0.1) is 0 Å². The van der Waals surface area contributed by atoms with Crippen molar-refractivity contribution in [2.24, 2.45) is 10.6 Å². The van der Waals surface area contributed by atoms with E-state index in [1.54, 1.807) is 12.1 Å². The maximum Gasteiger partial charge on any atom is 0.229 e. The van der Waals surface area contributed by atoms with Crippen LogP contribution in [-0.4, -0.2) is 62.1 Å². The Morgan fingerprint density at radius 1 is 1.11 bits per heavy atom. The molecule has 146 valence electrons. The average molecular weight is 376 g/mol. The number of nitrogens with zero attached hydrogens (tertiary/aromatic N) is 2. The van der Waals surface area contributed by atoms with Gasteiger partial charge in [-0.25, -0.2) is 4.39 Å². The van der Waals surface area contributed by atoms with Gasteiger partial charge in [-0.05, 0) is 30.5 Å². The standard InChI is InChI=1S/C20H25FN2O4/c21-16-3-1-15(2-4-16)18-13-17(27-22-18)14-20(5-9-25-10-6-20)19(24)23-7-11-26-12-8-23/h1-4,17H,5-14H2/t17-/m1/s1. The lowest BCUT2D eigenvalue weighted by molar-refractivity contribution is -0.155. The number of amides is 1. The number of hydrogen-bond donors (Lipinski definition) is 0. The molecule has 1 aromatic rings. The summed E-state index contributed by atoms with van der Waals surface area (Å²) in [5, 5.41) is 4.20. The number of hydrogen-bond acceptors (Lipinski definition) is 5. The molecule has 0 N–H and O–H groups in total. The molecule has 0 saturated carbocycles. The van der Waals surface area contributed by atoms with Crippen LogP contribution in [0.3, 0.4) is 0 Å². The molecule has 2 fully saturated rings. The van der Waals surface area contributed by atoms with Gasteiger partial charge in [0.15, 0.2) is 0 Å². The summed E-state index contributed by atoms with van der Waals surface area (Å²) in [4.78, 5) is 20.9. The molecule has 7 heteroatoms. The van der Waals surface area contributed by atoms with Crippen molar-refractivity contribution in [3.63, 3.8) is 0 Å². The predicted octanol–water partition coefficient (Wildman–Crippen LogP) is 2.36. The normalized spacial score (nSPS) is 25.0. The molecular formula is C20H25FN2O4. The van der Waals surface area contributed by atoms with Gasteiger partial charge in [0.05, 0.1) is 24.3 Å². The van der Waals surface area contributed by atoms with Crippen LogP contribution < -0.4 is 0 Å². The van der Waals surface area contributed by atoms with Gasteiger partial charge < -0.3 is 19.2 Å². The highest BCUT2D eigenvalue weighted by Gasteiger charge is 2.45. The van der Waals surface area contributed by atoms with E-state index in [0.717, 1.165) is 11.3 Å². The molecule has 1 aromatic carbocycles. The van der Waals surface area contributed by atoms with E-state index in [4.69, 9.17) is 14.3 Å². The van der Waals surface area contributed by atoms with Crippen molar-refractivity contribution in [1.29, 1.82) is 0 Å². The van der Waals surface area contributed by atoms with E-state index in [2.05, 4.69) is 5.16 Å². The third-order valence-electron chi connectivity index (χ3n) is 5.73. The second kappa shape index (κ2) is 7.94. The zero-order chi connectivity index (χ0) is 18.7. The minimum atomic E-state index is -0.464. The third-order valence-corrected chi connectivity index (χ3v) is 5.73. The van der Waals surface area contributed by atoms with Gasteiger partial charge in [0.2, 0.25) is 5.91 Å². The van der Waals surface area contributed by atoms with E-state index in [1.165, 1.54) is 12.1 Å². The second-order valence-corrected chi connectivity index (χ2v) is 7.48. The van der Waals surface area contributed by atoms with Gasteiger partial charge in [-0.1, -0.05) is 17.3 Å². The molecule has 27 heavy (non-hydrogen) atoms. The fraction of sp³-hybridized carbons (Fsp3) is 0.600. The van der Waals surface area contributed by atoms with Gasteiger partial charge in [0.25, 0.3) is 0 Å². The fourth-order valence-electron chi connectivity index (χ4n) is 4.16. The molecule has 0 aliphatic carbocycles. The summed E-state index contributed by atoms with van der Waals surface area (Å²) in [5.41, 5.74) is 1.20. The Balaban J connectivity index is 1.45. The van der Waals surface area contributed by atoms with Crippen LogP contribution in [0.4, 0.5) is 4.39 Å². The maximum atomic E-state index is 13.3. The molecule has 3 aliphatic heterocycles. The lowest BCUT2D eigenvalue weighted by atomic mass is 9.73. The first-order valence-electron chi connectivity index (χ1n) is 9.60. The highest BCUT2D eigenvalue weighted by molar-refractivity contribution is 6.01. The van der Waals surface area contributed by atoms with Crippen LogP contribution in [-0.2, 0) is 19.1 Å². The Hall–Kier alpha value is -1.99. The summed E-state index contributed by atoms with van der Waals surface area (Å²) < 4.78 is 24.1. The summed E-state index contributed by atoms with van der Waals surface area (Å²) in [7, 11) is 0. The van der Waals surface area contributed by atoms with E-state index in [-0.39, 0.29) is 17.8 Å². The SMILES string of the molecule is O=C(N1CCOCC1)C1(C[C@H]2CC(c3ccc(F)cc3)=NO2)CCOCC1. The smallest absolute Gasteiger partial charge is 0.229 e. The van der Waals surface area contributed by atoms with Crippen molar-refractivity contribution in [1.82, 2.24) is 4.90 Å². The monoisotopic (exact) mass is 376 g/mol. The lowest BCUT2D eigenvalue weighted by Crippen LogP contribution is -2.51. The number of benzene rings is 1. The Kier molecular flexibility index (Phi) is 5.41. The summed E-state index contributed by atoms with van der Waals surface area (Å²) in [6.07, 6.45) is 2.52. The largest absolute Gasteiger partial charge is 0.392 e. The zero-order valence-corrected chi connectivity index (χ0v) is 15.4. The van der Waals surface area contributed by atoms with Crippen molar-refractivity contribution < 1.29 is 23.5 Å². The van der Waals surface area contributed by atoms with Gasteiger partial charge in [-0.2, -0.15) is 0 Å². The van der Waals surface area contributed by atoms with Crippen molar-refractivity contribution >= 4 is 11.6 Å². The molecule has 0 radical (unpaired) electrons. The van der Waals surface area contributed by atoms with Crippen LogP contribution in [0.5, 0.6) is 0 Å². The molecule has 3 aliphatic rings. The minimum Gasteiger partial charge on any atom is -0.392 e. The van der Waals surface area contributed by atoms with Gasteiger partial charge >= 0.3 is 0 Å². The van der Waals surface area contributed by atoms with Crippen LogP contribution >= 0.6 is 0 Å². The van der Waals surface area contributed by atoms with Crippen molar-refractivity contribution in [3.05, 3.63) is 35.6 Å². The van der Waals surface area contributed by atoms with E-state index in [0.29, 0.717) is 65.2 Å². The fourth-order valence-corrected chi connectivity index (χ4v) is 4.16. The number of morpholine rings is 1. The Morgan fingerprint density at radius 3 is 2.48 bits per heavy atom. The Morgan fingerprint density at radius 2 is 1.78 bits per heavy atom. The number of oxime groups is 1. The van der Waals surface area contributed by atoms with E-state index >= 15 is 0 Å². The number of halogens is 1. The topological polar surface area (TPSA) is 60.4 Å². The molecule has 1 amide bonds. The molecule has 1 atom stereocenters. The minimum absolute atomic E-state index is 0.145. The molecule has 6 nitrogen and oxygen atoms in total. The van der Waals surface area contributed by atoms with Gasteiger partial charge in [0, 0.05) is 39.1 Å². The van der Waals surface area contributed by atoms with Crippen LogP contribution in [0, 0.1) is 11.2 Å². The lowest BCUT2D eigenvalue weighted by Gasteiger charge is -2.41. The first-order chi connectivity index (χ1) is 13.2. The van der Waals surface area contributed by atoms with Gasteiger partial charge in [-0.3, -0.25) is 4.79 Å². The molecule has 3 heterocycles. The van der Waals surface area contributed by atoms with Crippen LogP contribution in [0.2, 0.25) is 0 Å². The first kappa shape index (κ1) is 18.4. The average Bonchev–Trinajstić information content (AvgIpc) is 3.17. The van der Waals surface area contributed by atoms with Crippen molar-refractivity contribution in [2.45, 2.75) is 31.8 Å². The molecule has 2 saturated heterocycles. The number of carbonyl (C=O) groups is 1. The summed E-state index contributed by atoms with van der Waals surface area (Å²) in [6, 6.07) is 6.27. The predicted molar refractivity (Wildman–Crippen MR) is 96.9 cm³/mol. The van der Waals surface area contributed by atoms with Crippen LogP contribution in [0.1, 0.15) is 31.2 Å². The van der Waals surface area contributed by atoms with Gasteiger partial charge in [0.1, 0.15) is 11.9 Å². The molecule has 0 unspecified atom stereocenters. The third kappa shape index (κ3) is 3.99. The highest BCUT2D eigenvalue weighted by Crippen LogP contribution is 2.40. The van der Waals surface area contributed by atoms with E-state index in [1.807, 2.05) is 4.90 Å². The van der Waals surface area contributed by atoms with Crippen LogP contribution in [0.25, 0.3) is 0 Å². The molecule has 0 aromatic heterocycles. The van der Waals surface area contributed by atoms with Crippen molar-refractivity contribution in [2.75, 3.05) is 39.5 Å². The number of carbonyl (C=O) groups excluding carboxylic acids is 1. The van der Waals surface area contributed by atoms with E-state index < -0.39 is 5.41 Å². The number of ether oxygens (including phenoxy) is 2. The molecular weight excluding hydrogens is 351 g/mol. The summed E-state index contributed by atoms with van der Waals surface area (Å²) in [6.45, 7) is 3.66. The molecule has 0 bridgehead atoms. The highest BCUT2D eigenvalue weighted by atomic mass is 19.1. The quantitative estimate of drug-likeness (QED) is 0.810. The molecule has 0 spiro atoms. The summed E-state index contributed by atoms with van der Waals surface area (Å²) in [5.74, 6) is -0.0833. The zero-order valence-electron chi connectivity index (χ0n) is 15.4. The van der Waals surface area contributed by atoms with E-state index in [9.17, 15) is 9.18 Å². The first-order valence-corrected chi connectivity index (χ1v) is 9.60. The molecule has 4 rings (SSSR count). The van der Waals surface area contributed by atoms with Crippen molar-refractivity contribution in [3.8, 4) is 0 Å². The summed E-state index contributed by atoms with van der Waals surface area (Å²) >= 11 is 0. The number of rotatable bonds is 4. The Labute approximate surface area is 158 Å². The van der Waals surface area contributed by atoms with Crippen LogP contribution in [0.15, 0.2) is 29.4 Å².